The van der Waals surface area contributed by atoms with Gasteiger partial charge >= 0.3 is 0 Å². The summed E-state index contributed by atoms with van der Waals surface area (Å²) in [4.78, 5) is 2.76. The van der Waals surface area contributed by atoms with Crippen LogP contribution in [0.4, 0.5) is 5.69 Å². The summed E-state index contributed by atoms with van der Waals surface area (Å²) in [6, 6.07) is 12.3. The number of benzene rings is 2. The molecule has 5 heteroatoms. The predicted octanol–water partition coefficient (Wildman–Crippen LogP) is 3.34. The Morgan fingerprint density at radius 2 is 1.76 bits per heavy atom. The summed E-state index contributed by atoms with van der Waals surface area (Å²) in [6.07, 6.45) is 1.86. The molecule has 0 saturated carbocycles. The van der Waals surface area contributed by atoms with Crippen LogP contribution in [0.15, 0.2) is 41.3 Å². The lowest BCUT2D eigenvalue weighted by atomic mass is 10.1. The lowest BCUT2D eigenvalue weighted by molar-refractivity contribution is 0.577. The highest BCUT2D eigenvalue weighted by Crippen LogP contribution is 2.27. The molecule has 0 aromatic heterocycles. The van der Waals surface area contributed by atoms with Gasteiger partial charge < -0.3 is 4.90 Å². The van der Waals surface area contributed by atoms with Crippen LogP contribution in [0.3, 0.4) is 0 Å². The summed E-state index contributed by atoms with van der Waals surface area (Å²) in [5.74, 6) is 0. The third kappa shape index (κ3) is 3.88. The Balaban J connectivity index is 1.59. The molecule has 2 aromatic rings. The van der Waals surface area contributed by atoms with Crippen molar-refractivity contribution < 1.29 is 8.42 Å². The van der Waals surface area contributed by atoms with Gasteiger partial charge in [0.2, 0.25) is 10.0 Å². The molecule has 0 bridgehead atoms. The normalized spacial score (nSPS) is 14.0. The van der Waals surface area contributed by atoms with Crippen molar-refractivity contribution in [2.75, 3.05) is 24.5 Å². The molecule has 0 atom stereocenters. The Bertz CT molecular complexity index is 852. The standard InChI is InChI=1S/C20H26N2O2S/c1-15-13-16(2)20(17(3)14-15)25(23,24)21-10-6-11-22-12-9-18-7-4-5-8-19(18)22/h4-5,7-8,13-14,21H,6,9-12H2,1-3H3. The van der Waals surface area contributed by atoms with Crippen LogP contribution in [0.2, 0.25) is 0 Å². The fourth-order valence-corrected chi connectivity index (χ4v) is 5.30. The maximum Gasteiger partial charge on any atom is 0.241 e. The lowest BCUT2D eigenvalue weighted by Gasteiger charge is -2.19. The van der Waals surface area contributed by atoms with Crippen LogP contribution in [0.25, 0.3) is 0 Å². The molecule has 1 aliphatic heterocycles. The number of fused-ring (bicyclic) bond motifs is 1. The molecule has 0 fully saturated rings. The van der Waals surface area contributed by atoms with Crippen LogP contribution in [0, 0.1) is 20.8 Å². The number of hydrogen-bond acceptors (Lipinski definition) is 3. The molecule has 1 heterocycles. The van der Waals surface area contributed by atoms with Gasteiger partial charge in [-0.05, 0) is 56.4 Å². The van der Waals surface area contributed by atoms with E-state index in [1.807, 2.05) is 32.9 Å². The second-order valence-electron chi connectivity index (χ2n) is 6.84. The molecule has 0 amide bonds. The Morgan fingerprint density at radius 3 is 2.48 bits per heavy atom. The SMILES string of the molecule is Cc1cc(C)c(S(=O)(=O)NCCCN2CCc3ccccc32)c(C)c1. The van der Waals surface area contributed by atoms with Crippen molar-refractivity contribution in [3.05, 3.63) is 58.7 Å². The van der Waals surface area contributed by atoms with E-state index in [9.17, 15) is 8.42 Å². The van der Waals surface area contributed by atoms with E-state index in [0.717, 1.165) is 42.6 Å². The summed E-state index contributed by atoms with van der Waals surface area (Å²) in [5.41, 5.74) is 5.36. The van der Waals surface area contributed by atoms with Crippen LogP contribution in [0.1, 0.15) is 28.7 Å². The van der Waals surface area contributed by atoms with E-state index in [0.29, 0.717) is 11.4 Å². The smallest absolute Gasteiger partial charge is 0.241 e. The minimum atomic E-state index is -3.46. The third-order valence-electron chi connectivity index (χ3n) is 4.75. The fourth-order valence-electron chi connectivity index (χ4n) is 3.78. The number of nitrogens with zero attached hydrogens (tertiary/aromatic N) is 1. The summed E-state index contributed by atoms with van der Waals surface area (Å²) in [6.45, 7) is 8.03. The number of anilines is 1. The van der Waals surface area contributed by atoms with Gasteiger partial charge in [-0.25, -0.2) is 13.1 Å². The van der Waals surface area contributed by atoms with Crippen molar-refractivity contribution in [1.82, 2.24) is 4.72 Å². The van der Waals surface area contributed by atoms with Gasteiger partial charge in [0, 0.05) is 25.3 Å². The number of rotatable bonds is 6. The topological polar surface area (TPSA) is 49.4 Å². The Labute approximate surface area is 150 Å². The minimum Gasteiger partial charge on any atom is -0.371 e. The van der Waals surface area contributed by atoms with Crippen LogP contribution >= 0.6 is 0 Å². The zero-order valence-corrected chi connectivity index (χ0v) is 16.0. The van der Waals surface area contributed by atoms with E-state index in [1.165, 1.54) is 11.3 Å². The van der Waals surface area contributed by atoms with Crippen molar-refractivity contribution in [1.29, 1.82) is 0 Å². The van der Waals surface area contributed by atoms with Crippen molar-refractivity contribution in [3.8, 4) is 0 Å². The van der Waals surface area contributed by atoms with Gasteiger partial charge in [-0.1, -0.05) is 35.9 Å². The molecular weight excluding hydrogens is 332 g/mol. The van der Waals surface area contributed by atoms with E-state index >= 15 is 0 Å². The number of nitrogens with one attached hydrogen (secondary N) is 1. The van der Waals surface area contributed by atoms with Gasteiger partial charge in [0.15, 0.2) is 0 Å². The van der Waals surface area contributed by atoms with Gasteiger partial charge in [-0.3, -0.25) is 0 Å². The molecule has 134 valence electrons. The summed E-state index contributed by atoms with van der Waals surface area (Å²) in [5, 5.41) is 0. The molecule has 2 aromatic carbocycles. The number of sulfonamides is 1. The van der Waals surface area contributed by atoms with Crippen LogP contribution in [-0.4, -0.2) is 28.1 Å². The molecule has 25 heavy (non-hydrogen) atoms. The molecule has 1 N–H and O–H groups in total. The maximum atomic E-state index is 12.7. The maximum absolute atomic E-state index is 12.7. The summed E-state index contributed by atoms with van der Waals surface area (Å²) in [7, 11) is -3.46. The summed E-state index contributed by atoms with van der Waals surface area (Å²) < 4.78 is 28.1. The average Bonchev–Trinajstić information content (AvgIpc) is 2.93. The first-order valence-corrected chi connectivity index (χ1v) is 10.3. The molecular formula is C20H26N2O2S. The highest BCUT2D eigenvalue weighted by Gasteiger charge is 2.20. The Kier molecular flexibility index (Phi) is 5.16. The molecule has 4 nitrogen and oxygen atoms in total. The quantitative estimate of drug-likeness (QED) is 0.806. The van der Waals surface area contributed by atoms with E-state index in [1.54, 1.807) is 0 Å². The molecule has 0 saturated heterocycles. The van der Waals surface area contributed by atoms with Crippen LogP contribution < -0.4 is 9.62 Å². The Morgan fingerprint density at radius 1 is 1.08 bits per heavy atom. The van der Waals surface area contributed by atoms with Gasteiger partial charge in [-0.15, -0.1) is 0 Å². The molecule has 3 rings (SSSR count). The van der Waals surface area contributed by atoms with Crippen molar-refractivity contribution in [2.24, 2.45) is 0 Å². The van der Waals surface area contributed by atoms with E-state index in [2.05, 4.69) is 33.9 Å². The Hall–Kier alpha value is -1.85. The van der Waals surface area contributed by atoms with Gasteiger partial charge in [-0.2, -0.15) is 0 Å². The number of para-hydroxylation sites is 1. The fraction of sp³-hybridized carbons (Fsp3) is 0.400. The van der Waals surface area contributed by atoms with Gasteiger partial charge in [0.1, 0.15) is 0 Å². The average molecular weight is 359 g/mol. The van der Waals surface area contributed by atoms with Crippen LogP contribution in [-0.2, 0) is 16.4 Å². The molecule has 0 aliphatic carbocycles. The highest BCUT2D eigenvalue weighted by molar-refractivity contribution is 7.89. The van der Waals surface area contributed by atoms with E-state index in [-0.39, 0.29) is 0 Å². The van der Waals surface area contributed by atoms with Crippen molar-refractivity contribution >= 4 is 15.7 Å². The van der Waals surface area contributed by atoms with Crippen molar-refractivity contribution in [2.45, 2.75) is 38.5 Å². The lowest BCUT2D eigenvalue weighted by Crippen LogP contribution is -2.30. The second-order valence-corrected chi connectivity index (χ2v) is 8.55. The molecule has 1 aliphatic rings. The van der Waals surface area contributed by atoms with Crippen molar-refractivity contribution in [3.63, 3.8) is 0 Å². The zero-order valence-electron chi connectivity index (χ0n) is 15.2. The zero-order chi connectivity index (χ0) is 18.0. The highest BCUT2D eigenvalue weighted by atomic mass is 32.2. The second kappa shape index (κ2) is 7.18. The monoisotopic (exact) mass is 358 g/mol. The molecule has 0 spiro atoms. The van der Waals surface area contributed by atoms with Gasteiger partial charge in [0.25, 0.3) is 0 Å². The molecule has 0 radical (unpaired) electrons. The first kappa shape index (κ1) is 18.0. The predicted molar refractivity (Wildman–Crippen MR) is 103 cm³/mol. The minimum absolute atomic E-state index is 0.421. The third-order valence-corrected chi connectivity index (χ3v) is 6.52. The van der Waals surface area contributed by atoms with E-state index < -0.39 is 10.0 Å². The molecule has 0 unspecified atom stereocenters. The number of hydrogen-bond donors (Lipinski definition) is 1. The van der Waals surface area contributed by atoms with E-state index in [4.69, 9.17) is 0 Å². The van der Waals surface area contributed by atoms with Crippen LogP contribution in [0.5, 0.6) is 0 Å². The van der Waals surface area contributed by atoms with Gasteiger partial charge in [0.05, 0.1) is 4.90 Å². The number of aryl methyl sites for hydroxylation is 3. The summed E-state index contributed by atoms with van der Waals surface area (Å²) >= 11 is 0. The largest absolute Gasteiger partial charge is 0.371 e. The first-order chi connectivity index (χ1) is 11.9. The first-order valence-electron chi connectivity index (χ1n) is 8.79.